The second-order valence-corrected chi connectivity index (χ2v) is 6.77. The molecule has 0 aliphatic heterocycles. The van der Waals surface area contributed by atoms with Crippen LogP contribution >= 0.6 is 39.0 Å². The van der Waals surface area contributed by atoms with Crippen LogP contribution in [-0.4, -0.2) is 16.6 Å². The number of carbonyl (C=O) groups is 1. The van der Waals surface area contributed by atoms with Crippen molar-refractivity contribution < 1.29 is 4.79 Å². The highest BCUT2D eigenvalue weighted by Gasteiger charge is 2.08. The van der Waals surface area contributed by atoms with Crippen molar-refractivity contribution in [3.8, 4) is 0 Å². The SMILES string of the molecule is Cc1csc(SCC(=O)Nc2ccc(N)cc2Br)n1. The van der Waals surface area contributed by atoms with Gasteiger partial charge in [0.15, 0.2) is 4.34 Å². The Balaban J connectivity index is 1.90. The summed E-state index contributed by atoms with van der Waals surface area (Å²) in [5.74, 6) is 0.271. The molecule has 100 valence electrons. The number of nitrogens with one attached hydrogen (secondary N) is 1. The number of rotatable bonds is 4. The zero-order valence-corrected chi connectivity index (χ0v) is 13.4. The van der Waals surface area contributed by atoms with Crippen LogP contribution in [0.3, 0.4) is 0 Å². The zero-order chi connectivity index (χ0) is 13.8. The molecule has 0 fully saturated rings. The van der Waals surface area contributed by atoms with Gasteiger partial charge in [0.05, 0.1) is 11.4 Å². The lowest BCUT2D eigenvalue weighted by Crippen LogP contribution is -2.14. The van der Waals surface area contributed by atoms with Crippen molar-refractivity contribution in [2.75, 3.05) is 16.8 Å². The Morgan fingerprint density at radius 3 is 3.00 bits per heavy atom. The first-order valence-electron chi connectivity index (χ1n) is 5.44. The van der Waals surface area contributed by atoms with Crippen molar-refractivity contribution in [1.82, 2.24) is 4.98 Å². The molecule has 2 rings (SSSR count). The molecule has 2 aromatic rings. The highest BCUT2D eigenvalue weighted by Crippen LogP contribution is 2.26. The summed E-state index contributed by atoms with van der Waals surface area (Å²) in [4.78, 5) is 16.1. The third kappa shape index (κ3) is 4.22. The van der Waals surface area contributed by atoms with Gasteiger partial charge < -0.3 is 11.1 Å². The van der Waals surface area contributed by atoms with E-state index in [1.54, 1.807) is 29.5 Å². The summed E-state index contributed by atoms with van der Waals surface area (Å²) in [6, 6.07) is 5.28. The van der Waals surface area contributed by atoms with E-state index in [-0.39, 0.29) is 5.91 Å². The Morgan fingerprint density at radius 2 is 2.37 bits per heavy atom. The van der Waals surface area contributed by atoms with Crippen LogP contribution in [0.1, 0.15) is 5.69 Å². The minimum Gasteiger partial charge on any atom is -0.399 e. The van der Waals surface area contributed by atoms with Crippen LogP contribution in [-0.2, 0) is 4.79 Å². The summed E-state index contributed by atoms with van der Waals surface area (Å²) in [6.45, 7) is 1.94. The van der Waals surface area contributed by atoms with Crippen LogP contribution in [0.15, 0.2) is 32.4 Å². The monoisotopic (exact) mass is 357 g/mol. The number of aryl methyl sites for hydroxylation is 1. The molecule has 4 nitrogen and oxygen atoms in total. The number of benzene rings is 1. The fraction of sp³-hybridized carbons (Fsp3) is 0.167. The van der Waals surface area contributed by atoms with Gasteiger partial charge in [0.25, 0.3) is 0 Å². The molecule has 0 unspecified atom stereocenters. The normalized spacial score (nSPS) is 10.4. The van der Waals surface area contributed by atoms with E-state index in [1.165, 1.54) is 11.8 Å². The number of hydrogen-bond donors (Lipinski definition) is 2. The molecule has 7 heteroatoms. The molecule has 0 spiro atoms. The molecule has 0 aliphatic rings. The summed E-state index contributed by atoms with van der Waals surface area (Å²) in [6.07, 6.45) is 0. The number of thioether (sulfide) groups is 1. The van der Waals surface area contributed by atoms with Crippen molar-refractivity contribution in [2.24, 2.45) is 0 Å². The van der Waals surface area contributed by atoms with Crippen LogP contribution in [0.4, 0.5) is 11.4 Å². The standard InChI is InChI=1S/C12H12BrN3OS2/c1-7-5-18-12(15-7)19-6-11(17)16-10-3-2-8(14)4-9(10)13/h2-5H,6,14H2,1H3,(H,16,17). The molecule has 1 aromatic heterocycles. The molecule has 1 aromatic carbocycles. The molecular formula is C12H12BrN3OS2. The lowest BCUT2D eigenvalue weighted by Gasteiger charge is -2.07. The lowest BCUT2D eigenvalue weighted by atomic mass is 10.3. The maximum atomic E-state index is 11.8. The Bertz CT molecular complexity index is 600. The molecule has 0 bridgehead atoms. The number of anilines is 2. The van der Waals surface area contributed by atoms with Crippen LogP contribution in [0.5, 0.6) is 0 Å². The van der Waals surface area contributed by atoms with Crippen LogP contribution in [0.2, 0.25) is 0 Å². The minimum atomic E-state index is -0.0664. The summed E-state index contributed by atoms with van der Waals surface area (Å²) in [5, 5.41) is 4.80. The smallest absolute Gasteiger partial charge is 0.234 e. The van der Waals surface area contributed by atoms with E-state index in [0.717, 1.165) is 20.2 Å². The minimum absolute atomic E-state index is 0.0664. The van der Waals surface area contributed by atoms with Gasteiger partial charge in [0, 0.05) is 21.2 Å². The number of thiazole rings is 1. The van der Waals surface area contributed by atoms with E-state index in [1.807, 2.05) is 12.3 Å². The third-order valence-electron chi connectivity index (χ3n) is 2.19. The van der Waals surface area contributed by atoms with Crippen LogP contribution < -0.4 is 11.1 Å². The Labute approximate surface area is 127 Å². The van der Waals surface area contributed by atoms with Crippen molar-refractivity contribution in [3.05, 3.63) is 33.7 Å². The molecule has 19 heavy (non-hydrogen) atoms. The third-order valence-corrected chi connectivity index (χ3v) is 4.99. The highest BCUT2D eigenvalue weighted by atomic mass is 79.9. The highest BCUT2D eigenvalue weighted by molar-refractivity contribution is 9.10. The van der Waals surface area contributed by atoms with Gasteiger partial charge >= 0.3 is 0 Å². The molecule has 0 saturated carbocycles. The number of hydrogen-bond acceptors (Lipinski definition) is 5. The number of aromatic nitrogens is 1. The second kappa shape index (κ2) is 6.40. The predicted molar refractivity (Wildman–Crippen MR) is 84.8 cm³/mol. The van der Waals surface area contributed by atoms with Gasteiger partial charge in [0.2, 0.25) is 5.91 Å². The Kier molecular flexibility index (Phi) is 4.84. The molecular weight excluding hydrogens is 346 g/mol. The average Bonchev–Trinajstić information content (AvgIpc) is 2.76. The van der Waals surface area contributed by atoms with Gasteiger partial charge in [-0.25, -0.2) is 4.98 Å². The van der Waals surface area contributed by atoms with Crippen molar-refractivity contribution >= 4 is 56.3 Å². The fourth-order valence-corrected chi connectivity index (χ4v) is 3.49. The predicted octanol–water partition coefficient (Wildman–Crippen LogP) is 3.53. The van der Waals surface area contributed by atoms with E-state index in [9.17, 15) is 4.79 Å². The summed E-state index contributed by atoms with van der Waals surface area (Å²) in [5.41, 5.74) is 7.99. The Hall–Kier alpha value is -1.05. The number of nitrogen functional groups attached to an aromatic ring is 1. The fourth-order valence-electron chi connectivity index (χ4n) is 1.34. The maximum Gasteiger partial charge on any atom is 0.234 e. The number of nitrogens with two attached hydrogens (primary N) is 1. The van der Waals surface area contributed by atoms with Crippen molar-refractivity contribution in [3.63, 3.8) is 0 Å². The summed E-state index contributed by atoms with van der Waals surface area (Å²) >= 11 is 6.35. The first-order valence-corrected chi connectivity index (χ1v) is 8.10. The lowest BCUT2D eigenvalue weighted by molar-refractivity contribution is -0.113. The number of amides is 1. The van der Waals surface area contributed by atoms with E-state index in [4.69, 9.17) is 5.73 Å². The summed E-state index contributed by atoms with van der Waals surface area (Å²) < 4.78 is 1.68. The number of halogens is 1. The molecule has 0 aliphatic carbocycles. The van der Waals surface area contributed by atoms with Crippen LogP contribution in [0, 0.1) is 6.92 Å². The molecule has 0 atom stereocenters. The molecule has 1 amide bonds. The van der Waals surface area contributed by atoms with Gasteiger partial charge in [-0.15, -0.1) is 11.3 Å². The van der Waals surface area contributed by atoms with E-state index < -0.39 is 0 Å². The zero-order valence-electron chi connectivity index (χ0n) is 10.1. The molecule has 3 N–H and O–H groups in total. The van der Waals surface area contributed by atoms with Gasteiger partial charge in [-0.3, -0.25) is 4.79 Å². The molecule has 1 heterocycles. The van der Waals surface area contributed by atoms with Gasteiger partial charge in [-0.05, 0) is 41.1 Å². The van der Waals surface area contributed by atoms with Crippen molar-refractivity contribution in [2.45, 2.75) is 11.3 Å². The quantitative estimate of drug-likeness (QED) is 0.648. The summed E-state index contributed by atoms with van der Waals surface area (Å²) in [7, 11) is 0. The van der Waals surface area contributed by atoms with E-state index >= 15 is 0 Å². The van der Waals surface area contributed by atoms with Gasteiger partial charge in [-0.1, -0.05) is 11.8 Å². The van der Waals surface area contributed by atoms with Crippen LogP contribution in [0.25, 0.3) is 0 Å². The first kappa shape index (κ1) is 14.4. The first-order chi connectivity index (χ1) is 9.04. The average molecular weight is 358 g/mol. The second-order valence-electron chi connectivity index (χ2n) is 3.83. The van der Waals surface area contributed by atoms with Gasteiger partial charge in [-0.2, -0.15) is 0 Å². The number of carbonyl (C=O) groups excluding carboxylic acids is 1. The molecule has 0 radical (unpaired) electrons. The largest absolute Gasteiger partial charge is 0.399 e. The maximum absolute atomic E-state index is 11.8. The van der Waals surface area contributed by atoms with E-state index in [2.05, 4.69) is 26.2 Å². The number of nitrogens with zero attached hydrogens (tertiary/aromatic N) is 1. The van der Waals surface area contributed by atoms with Gasteiger partial charge in [0.1, 0.15) is 0 Å². The van der Waals surface area contributed by atoms with Crippen molar-refractivity contribution in [1.29, 1.82) is 0 Å². The molecule has 0 saturated heterocycles. The topological polar surface area (TPSA) is 68.0 Å². The Morgan fingerprint density at radius 1 is 1.58 bits per heavy atom. The van der Waals surface area contributed by atoms with E-state index in [0.29, 0.717) is 11.4 Å².